The highest BCUT2D eigenvalue weighted by Gasteiger charge is 2.62. The normalized spacial score (nSPS) is 38.8. The van der Waals surface area contributed by atoms with Crippen LogP contribution in [0.15, 0.2) is 18.2 Å². The summed E-state index contributed by atoms with van der Waals surface area (Å²) >= 11 is 3.33. The van der Waals surface area contributed by atoms with Crippen LogP contribution in [0.1, 0.15) is 56.1 Å². The highest BCUT2D eigenvalue weighted by molar-refractivity contribution is 9.12. The predicted molar refractivity (Wildman–Crippen MR) is 104 cm³/mol. The molecule has 0 heterocycles. The number of hydrogen-bond acceptors (Lipinski definition) is 2. The van der Waals surface area contributed by atoms with Crippen LogP contribution in [-0.4, -0.2) is 19.8 Å². The summed E-state index contributed by atoms with van der Waals surface area (Å²) in [5.41, 5.74) is 2.95. The lowest BCUT2D eigenvalue weighted by molar-refractivity contribution is -0.0885. The lowest BCUT2D eigenvalue weighted by atomic mass is 9.53. The molecule has 2 saturated carbocycles. The molecule has 25 heavy (non-hydrogen) atoms. The van der Waals surface area contributed by atoms with E-state index in [2.05, 4.69) is 51.8 Å². The molecule has 0 spiro atoms. The van der Waals surface area contributed by atoms with Gasteiger partial charge in [-0.05, 0) is 84.4 Å². The summed E-state index contributed by atoms with van der Waals surface area (Å²) in [5, 5.41) is 0. The molecule has 0 saturated heterocycles. The average molecular weight is 403 g/mol. The van der Waals surface area contributed by atoms with Gasteiger partial charge in [0.25, 0.3) is 0 Å². The first-order valence-corrected chi connectivity index (χ1v) is 10.2. The number of benzene rings is 1. The number of methoxy groups -OCH3 is 2. The van der Waals surface area contributed by atoms with Crippen molar-refractivity contribution in [2.75, 3.05) is 14.2 Å². The zero-order valence-electron chi connectivity index (χ0n) is 15.4. The topological polar surface area (TPSA) is 18.5 Å². The fourth-order valence-electron chi connectivity index (χ4n) is 6.35. The Labute approximate surface area is 159 Å². The van der Waals surface area contributed by atoms with E-state index < -0.39 is 0 Å². The fraction of sp³-hybridized carbons (Fsp3) is 0.636. The van der Waals surface area contributed by atoms with Gasteiger partial charge in [-0.1, -0.05) is 18.9 Å². The van der Waals surface area contributed by atoms with Crippen LogP contribution in [0.25, 0.3) is 0 Å². The fourth-order valence-corrected chi connectivity index (χ4v) is 6.67. The maximum Gasteiger partial charge on any atom is 0.134 e. The quantitative estimate of drug-likeness (QED) is 0.625. The van der Waals surface area contributed by atoms with E-state index in [0.29, 0.717) is 11.8 Å². The second-order valence-corrected chi connectivity index (χ2v) is 8.62. The van der Waals surface area contributed by atoms with E-state index in [0.717, 1.165) is 18.1 Å². The molecule has 0 radical (unpaired) electrons. The number of halogens is 1. The molecule has 5 atom stereocenters. The Bertz CT molecular complexity index is 733. The van der Waals surface area contributed by atoms with Crippen molar-refractivity contribution in [1.82, 2.24) is 0 Å². The van der Waals surface area contributed by atoms with Gasteiger partial charge >= 0.3 is 0 Å². The van der Waals surface area contributed by atoms with Gasteiger partial charge in [0.05, 0.1) is 7.11 Å². The van der Waals surface area contributed by atoms with E-state index in [-0.39, 0.29) is 11.0 Å². The van der Waals surface area contributed by atoms with Crippen molar-refractivity contribution in [2.45, 2.75) is 57.0 Å². The van der Waals surface area contributed by atoms with E-state index in [1.165, 1.54) is 37.7 Å². The summed E-state index contributed by atoms with van der Waals surface area (Å²) in [6, 6.07) is 6.72. The molecule has 3 aliphatic rings. The van der Waals surface area contributed by atoms with Crippen LogP contribution >= 0.6 is 15.9 Å². The first kappa shape index (κ1) is 17.4. The molecule has 0 amide bonds. The number of aryl methyl sites for hydroxylation is 1. The molecule has 0 aliphatic heterocycles. The number of ether oxygens (including phenoxy) is 2. The van der Waals surface area contributed by atoms with Crippen molar-refractivity contribution in [2.24, 2.45) is 17.3 Å². The van der Waals surface area contributed by atoms with Gasteiger partial charge in [-0.25, -0.2) is 0 Å². The van der Waals surface area contributed by atoms with Crippen LogP contribution in [0.5, 0.6) is 5.75 Å². The second-order valence-electron chi connectivity index (χ2n) is 8.23. The summed E-state index contributed by atoms with van der Waals surface area (Å²) in [7, 11) is 3.60. The molecule has 3 aliphatic carbocycles. The third kappa shape index (κ3) is 2.41. The van der Waals surface area contributed by atoms with Gasteiger partial charge in [0.2, 0.25) is 0 Å². The summed E-state index contributed by atoms with van der Waals surface area (Å²) in [4.78, 5) is 2.98. The Morgan fingerprint density at radius 2 is 2.00 bits per heavy atom. The Balaban J connectivity index is 1.69. The van der Waals surface area contributed by atoms with Crippen molar-refractivity contribution >= 4 is 15.9 Å². The standard InChI is InChI=1S/C22H27BrO2/c1-21-10-8-18-17-7-5-16(24-2)14-15(17)4-6-19(18)20(21)9-11-22(21,25-3)12-13-23/h5,7,14,18-20H,4,6,8-11H2,1-3H3/t18-,19-,20+,21+,22?/m1/s1. The summed E-state index contributed by atoms with van der Waals surface area (Å²) in [6.07, 6.45) is 7.18. The van der Waals surface area contributed by atoms with Crippen LogP contribution in [-0.2, 0) is 11.2 Å². The number of rotatable bonds is 2. The van der Waals surface area contributed by atoms with E-state index in [9.17, 15) is 0 Å². The minimum atomic E-state index is -0.285. The molecular weight excluding hydrogens is 376 g/mol. The molecule has 3 heteroatoms. The molecule has 2 nitrogen and oxygen atoms in total. The molecule has 134 valence electrons. The Morgan fingerprint density at radius 1 is 1.16 bits per heavy atom. The van der Waals surface area contributed by atoms with E-state index >= 15 is 0 Å². The Hall–Kier alpha value is -0.980. The van der Waals surface area contributed by atoms with Gasteiger partial charge in [-0.2, -0.15) is 0 Å². The van der Waals surface area contributed by atoms with Gasteiger partial charge in [-0.3, -0.25) is 0 Å². The molecule has 1 aromatic rings. The molecule has 1 unspecified atom stereocenters. The first-order valence-electron chi connectivity index (χ1n) is 9.43. The van der Waals surface area contributed by atoms with Crippen LogP contribution in [0.3, 0.4) is 0 Å². The Kier molecular flexibility index (Phi) is 4.41. The lowest BCUT2D eigenvalue weighted by Crippen LogP contribution is -2.51. The van der Waals surface area contributed by atoms with Crippen LogP contribution < -0.4 is 4.74 Å². The van der Waals surface area contributed by atoms with Gasteiger partial charge in [-0.15, -0.1) is 0 Å². The van der Waals surface area contributed by atoms with Gasteiger partial charge in [0.15, 0.2) is 0 Å². The van der Waals surface area contributed by atoms with Crippen molar-refractivity contribution in [1.29, 1.82) is 0 Å². The minimum Gasteiger partial charge on any atom is -0.497 e. The first-order chi connectivity index (χ1) is 12.1. The molecule has 0 N–H and O–H groups in total. The van der Waals surface area contributed by atoms with Crippen LogP contribution in [0.4, 0.5) is 0 Å². The monoisotopic (exact) mass is 402 g/mol. The minimum absolute atomic E-state index is 0.160. The number of fused-ring (bicyclic) bond motifs is 5. The Morgan fingerprint density at radius 3 is 2.72 bits per heavy atom. The zero-order chi connectivity index (χ0) is 17.7. The third-order valence-electron chi connectivity index (χ3n) is 7.65. The van der Waals surface area contributed by atoms with Crippen molar-refractivity contribution < 1.29 is 9.47 Å². The van der Waals surface area contributed by atoms with E-state index in [1.807, 2.05) is 7.11 Å². The second kappa shape index (κ2) is 6.32. The maximum absolute atomic E-state index is 6.07. The lowest BCUT2D eigenvalue weighted by Gasteiger charge is -2.53. The maximum atomic E-state index is 6.07. The van der Waals surface area contributed by atoms with Gasteiger partial charge in [0, 0.05) is 28.5 Å². The van der Waals surface area contributed by atoms with Crippen LogP contribution in [0.2, 0.25) is 0 Å². The summed E-state index contributed by atoms with van der Waals surface area (Å²) in [5.74, 6) is 6.55. The third-order valence-corrected chi connectivity index (χ3v) is 7.85. The largest absolute Gasteiger partial charge is 0.497 e. The smallest absolute Gasteiger partial charge is 0.134 e. The highest BCUT2D eigenvalue weighted by Crippen LogP contribution is 2.65. The van der Waals surface area contributed by atoms with Crippen molar-refractivity contribution in [3.8, 4) is 16.5 Å². The van der Waals surface area contributed by atoms with Crippen molar-refractivity contribution in [3.05, 3.63) is 29.3 Å². The summed E-state index contributed by atoms with van der Waals surface area (Å²) in [6.45, 7) is 2.44. The van der Waals surface area contributed by atoms with Gasteiger partial charge < -0.3 is 9.47 Å². The molecule has 0 aromatic heterocycles. The van der Waals surface area contributed by atoms with Crippen molar-refractivity contribution in [3.63, 3.8) is 0 Å². The van der Waals surface area contributed by atoms with E-state index in [1.54, 1.807) is 12.7 Å². The molecule has 4 rings (SSSR count). The molecular formula is C22H27BrO2. The SMILES string of the molecule is COc1ccc2c(c1)CC[C@@H]1[C@@H]2CC[C@@]2(C)[C@H]1CCC2(C#CBr)OC. The van der Waals surface area contributed by atoms with Gasteiger partial charge in [0.1, 0.15) is 11.4 Å². The molecule has 1 aromatic carbocycles. The van der Waals surface area contributed by atoms with E-state index in [4.69, 9.17) is 9.47 Å². The predicted octanol–water partition coefficient (Wildman–Crippen LogP) is 5.29. The summed E-state index contributed by atoms with van der Waals surface area (Å²) < 4.78 is 11.5. The molecule has 2 fully saturated rings. The average Bonchev–Trinajstić information content (AvgIpc) is 2.94. The van der Waals surface area contributed by atoms with Crippen LogP contribution in [0, 0.1) is 28.0 Å². The molecule has 0 bridgehead atoms. The highest BCUT2D eigenvalue weighted by atomic mass is 79.9. The number of hydrogen-bond donors (Lipinski definition) is 0. The zero-order valence-corrected chi connectivity index (χ0v) is 17.0.